The minimum atomic E-state index is -1.09. The number of benzene rings is 1. The molecule has 0 aromatic heterocycles. The van der Waals surface area contributed by atoms with Crippen LogP contribution >= 0.6 is 11.6 Å². The normalized spacial score (nSPS) is 9.71. The van der Waals surface area contributed by atoms with Crippen molar-refractivity contribution in [3.05, 3.63) is 41.5 Å². The number of carboxylic acids is 1. The van der Waals surface area contributed by atoms with E-state index in [4.69, 9.17) is 21.4 Å². The van der Waals surface area contributed by atoms with Crippen LogP contribution < -0.4 is 4.74 Å². The Morgan fingerprint density at radius 2 is 2.24 bits per heavy atom. The molecule has 90 valence electrons. The number of aromatic carboxylic acids is 1. The van der Waals surface area contributed by atoms with Gasteiger partial charge in [0, 0.05) is 5.88 Å². The average molecular weight is 255 g/mol. The summed E-state index contributed by atoms with van der Waals surface area (Å²) < 4.78 is 5.31. The van der Waals surface area contributed by atoms with Gasteiger partial charge in [-0.15, -0.1) is 11.6 Å². The fourth-order valence-corrected chi connectivity index (χ4v) is 1.20. The predicted molar refractivity (Wildman–Crippen MR) is 64.1 cm³/mol. The molecule has 0 unspecified atom stereocenters. The maximum absolute atomic E-state index is 10.8. The molecule has 17 heavy (non-hydrogen) atoms. The maximum atomic E-state index is 10.8. The highest BCUT2D eigenvalue weighted by atomic mass is 35.5. The standard InChI is InChI=1S/C12H11ClO4/c1-8(5-13)7-17-11-3-2-9(12(15)16)4-10(11)6-14/h2-4,6H,1,5,7H2,(H,15,16). The Hall–Kier alpha value is -1.81. The van der Waals surface area contributed by atoms with Crippen LogP contribution in [0.15, 0.2) is 30.4 Å². The van der Waals surface area contributed by atoms with Gasteiger partial charge in [0.15, 0.2) is 6.29 Å². The number of aldehydes is 1. The first-order valence-corrected chi connectivity index (χ1v) is 5.30. The molecule has 0 bridgehead atoms. The Labute approximate surface area is 103 Å². The minimum Gasteiger partial charge on any atom is -0.488 e. The zero-order chi connectivity index (χ0) is 12.8. The molecule has 1 aromatic carbocycles. The second kappa shape index (κ2) is 6.06. The number of ether oxygens (including phenoxy) is 1. The van der Waals surface area contributed by atoms with Gasteiger partial charge in [0.25, 0.3) is 0 Å². The van der Waals surface area contributed by atoms with Gasteiger partial charge in [0.1, 0.15) is 12.4 Å². The Bertz CT molecular complexity index is 454. The topological polar surface area (TPSA) is 63.6 Å². The monoisotopic (exact) mass is 254 g/mol. The van der Waals surface area contributed by atoms with E-state index in [0.29, 0.717) is 17.6 Å². The summed E-state index contributed by atoms with van der Waals surface area (Å²) in [7, 11) is 0. The third-order valence-electron chi connectivity index (χ3n) is 2.00. The third kappa shape index (κ3) is 3.60. The summed E-state index contributed by atoms with van der Waals surface area (Å²) in [4.78, 5) is 21.5. The lowest BCUT2D eigenvalue weighted by Crippen LogP contribution is -2.05. The van der Waals surface area contributed by atoms with Crippen molar-refractivity contribution in [2.75, 3.05) is 12.5 Å². The Balaban J connectivity index is 2.89. The smallest absolute Gasteiger partial charge is 0.335 e. The molecule has 0 saturated heterocycles. The molecule has 1 N–H and O–H groups in total. The quantitative estimate of drug-likeness (QED) is 0.481. The van der Waals surface area contributed by atoms with E-state index in [0.717, 1.165) is 0 Å². The van der Waals surface area contributed by atoms with Gasteiger partial charge < -0.3 is 9.84 Å². The van der Waals surface area contributed by atoms with Gasteiger partial charge in [-0.3, -0.25) is 4.79 Å². The van der Waals surface area contributed by atoms with Crippen LogP contribution in [0.25, 0.3) is 0 Å². The first kappa shape index (κ1) is 13.3. The van der Waals surface area contributed by atoms with Crippen LogP contribution in [0.4, 0.5) is 0 Å². The minimum absolute atomic E-state index is 0.0376. The molecular formula is C12H11ClO4. The van der Waals surface area contributed by atoms with Gasteiger partial charge in [-0.05, 0) is 23.8 Å². The fourth-order valence-electron chi connectivity index (χ4n) is 1.12. The number of rotatable bonds is 6. The summed E-state index contributed by atoms with van der Waals surface area (Å²) in [5.41, 5.74) is 0.897. The highest BCUT2D eigenvalue weighted by Crippen LogP contribution is 2.19. The van der Waals surface area contributed by atoms with Crippen molar-refractivity contribution in [1.82, 2.24) is 0 Å². The van der Waals surface area contributed by atoms with Crippen LogP contribution in [-0.4, -0.2) is 29.8 Å². The molecule has 4 nitrogen and oxygen atoms in total. The number of carboxylic acid groups (broad SMARTS) is 1. The maximum Gasteiger partial charge on any atom is 0.335 e. The van der Waals surface area contributed by atoms with Crippen LogP contribution in [0.2, 0.25) is 0 Å². The van der Waals surface area contributed by atoms with E-state index in [-0.39, 0.29) is 23.6 Å². The third-order valence-corrected chi connectivity index (χ3v) is 2.38. The van der Waals surface area contributed by atoms with Crippen LogP contribution in [0.3, 0.4) is 0 Å². The number of carbonyl (C=O) groups is 2. The Kier molecular flexibility index (Phi) is 4.72. The van der Waals surface area contributed by atoms with Crippen molar-refractivity contribution >= 4 is 23.9 Å². The second-order valence-electron chi connectivity index (χ2n) is 3.35. The van der Waals surface area contributed by atoms with Gasteiger partial charge in [-0.2, -0.15) is 0 Å². The van der Waals surface area contributed by atoms with Crippen molar-refractivity contribution < 1.29 is 19.4 Å². The summed E-state index contributed by atoms with van der Waals surface area (Å²) in [6.45, 7) is 3.84. The second-order valence-corrected chi connectivity index (χ2v) is 3.62. The Morgan fingerprint density at radius 3 is 2.76 bits per heavy atom. The fraction of sp³-hybridized carbons (Fsp3) is 0.167. The summed E-state index contributed by atoms with van der Waals surface area (Å²) >= 11 is 5.53. The zero-order valence-electron chi connectivity index (χ0n) is 8.98. The molecule has 0 heterocycles. The molecule has 0 aliphatic rings. The largest absolute Gasteiger partial charge is 0.488 e. The average Bonchev–Trinajstić information content (AvgIpc) is 2.35. The van der Waals surface area contributed by atoms with Gasteiger partial charge >= 0.3 is 5.97 Å². The molecule has 0 amide bonds. The zero-order valence-corrected chi connectivity index (χ0v) is 9.74. The lowest BCUT2D eigenvalue weighted by Gasteiger charge is -2.09. The lowest BCUT2D eigenvalue weighted by atomic mass is 10.1. The predicted octanol–water partition coefficient (Wildman–Crippen LogP) is 2.37. The molecule has 0 spiro atoms. The van der Waals surface area contributed by atoms with E-state index in [1.807, 2.05) is 0 Å². The molecular weight excluding hydrogens is 244 g/mol. The van der Waals surface area contributed by atoms with E-state index in [9.17, 15) is 9.59 Å². The highest BCUT2D eigenvalue weighted by molar-refractivity contribution is 6.19. The van der Waals surface area contributed by atoms with Crippen molar-refractivity contribution in [3.8, 4) is 5.75 Å². The van der Waals surface area contributed by atoms with Gasteiger partial charge in [0.2, 0.25) is 0 Å². The number of alkyl halides is 1. The SMILES string of the molecule is C=C(CCl)COc1ccc(C(=O)O)cc1C=O. The van der Waals surface area contributed by atoms with Crippen molar-refractivity contribution in [2.45, 2.75) is 0 Å². The van der Waals surface area contributed by atoms with Crippen LogP contribution in [-0.2, 0) is 0 Å². The molecule has 0 fully saturated rings. The summed E-state index contributed by atoms with van der Waals surface area (Å²) in [5, 5.41) is 8.76. The van der Waals surface area contributed by atoms with E-state index in [2.05, 4.69) is 6.58 Å². The van der Waals surface area contributed by atoms with Crippen LogP contribution in [0.5, 0.6) is 5.75 Å². The van der Waals surface area contributed by atoms with Gasteiger partial charge in [0.05, 0.1) is 11.1 Å². The summed E-state index contributed by atoms with van der Waals surface area (Å²) in [6, 6.07) is 4.07. The van der Waals surface area contributed by atoms with Crippen molar-refractivity contribution in [1.29, 1.82) is 0 Å². The van der Waals surface area contributed by atoms with Gasteiger partial charge in [-0.25, -0.2) is 4.79 Å². The summed E-state index contributed by atoms with van der Waals surface area (Å²) in [5.74, 6) is -0.509. The summed E-state index contributed by atoms with van der Waals surface area (Å²) in [6.07, 6.45) is 0.547. The van der Waals surface area contributed by atoms with Crippen LogP contribution in [0.1, 0.15) is 20.7 Å². The molecule has 5 heteroatoms. The van der Waals surface area contributed by atoms with E-state index >= 15 is 0 Å². The van der Waals surface area contributed by atoms with E-state index in [1.165, 1.54) is 18.2 Å². The van der Waals surface area contributed by atoms with Crippen molar-refractivity contribution in [2.24, 2.45) is 0 Å². The number of hydrogen-bond acceptors (Lipinski definition) is 3. The molecule has 0 atom stereocenters. The van der Waals surface area contributed by atoms with Crippen LogP contribution in [0, 0.1) is 0 Å². The lowest BCUT2D eigenvalue weighted by molar-refractivity contribution is 0.0697. The molecule has 0 radical (unpaired) electrons. The van der Waals surface area contributed by atoms with Gasteiger partial charge in [-0.1, -0.05) is 6.58 Å². The molecule has 0 aliphatic carbocycles. The van der Waals surface area contributed by atoms with E-state index in [1.54, 1.807) is 0 Å². The first-order chi connectivity index (χ1) is 8.08. The number of halogens is 1. The molecule has 0 saturated carbocycles. The van der Waals surface area contributed by atoms with Crippen molar-refractivity contribution in [3.63, 3.8) is 0 Å². The number of hydrogen-bond donors (Lipinski definition) is 1. The molecule has 1 aromatic rings. The first-order valence-electron chi connectivity index (χ1n) is 4.76. The molecule has 0 aliphatic heterocycles. The Morgan fingerprint density at radius 1 is 1.53 bits per heavy atom. The highest BCUT2D eigenvalue weighted by Gasteiger charge is 2.09. The van der Waals surface area contributed by atoms with E-state index < -0.39 is 5.97 Å². The molecule has 1 rings (SSSR count). The number of carbonyl (C=O) groups excluding carboxylic acids is 1.